The Bertz CT molecular complexity index is 87.4. The van der Waals surface area contributed by atoms with Crippen molar-refractivity contribution in [2.75, 3.05) is 0 Å². The summed E-state index contributed by atoms with van der Waals surface area (Å²) >= 11 is -4.02. The molecule has 0 aromatic rings. The van der Waals surface area contributed by atoms with Crippen LogP contribution in [0.25, 0.3) is 0 Å². The van der Waals surface area contributed by atoms with E-state index in [-0.39, 0.29) is 0 Å². The van der Waals surface area contributed by atoms with Gasteiger partial charge in [-0.3, -0.25) is 0 Å². The van der Waals surface area contributed by atoms with Crippen LogP contribution in [0.5, 0.6) is 0 Å². The first-order valence-electron chi connectivity index (χ1n) is 1.09. The van der Waals surface area contributed by atoms with Gasteiger partial charge in [-0.2, -0.15) is 0 Å². The molecule has 0 aliphatic heterocycles. The van der Waals surface area contributed by atoms with Crippen LogP contribution in [0.3, 0.4) is 0 Å². The molecule has 0 amide bonds. The van der Waals surface area contributed by atoms with Gasteiger partial charge in [-0.1, -0.05) is 0 Å². The number of rotatable bonds is 0. The Kier molecular flexibility index (Phi) is 2.23. The summed E-state index contributed by atoms with van der Waals surface area (Å²) in [7, 11) is 4.20. The molecule has 0 saturated carbocycles. The van der Waals surface area contributed by atoms with Gasteiger partial charge in [0, 0.05) is 0 Å². The summed E-state index contributed by atoms with van der Waals surface area (Å²) in [6.45, 7) is 0. The summed E-state index contributed by atoms with van der Waals surface area (Å²) < 4.78 is 41.7. The van der Waals surface area contributed by atoms with E-state index < -0.39 is 18.0 Å². The monoisotopic (exact) mass is 200 g/mol. The van der Waals surface area contributed by atoms with E-state index in [1.165, 1.54) is 0 Å². The third kappa shape index (κ3) is 3.02. The Morgan fingerprint density at radius 2 is 1.57 bits per heavy atom. The first kappa shape index (κ1) is 7.40. The minimum atomic E-state index is -4.67. The van der Waals surface area contributed by atoms with E-state index in [1.54, 1.807) is 0 Å². The quantitative estimate of drug-likeness (QED) is 0.537. The second kappa shape index (κ2) is 2.11. The van der Waals surface area contributed by atoms with Crippen LogP contribution in [0.1, 0.15) is 0 Å². The molecule has 0 heterocycles. The molecule has 0 fully saturated rings. The first-order chi connectivity index (χ1) is 2.94. The minimum absolute atomic E-state index is 4.02. The average Bonchev–Trinajstić information content (AvgIpc) is 1.31. The maximum atomic E-state index is 10.8. The Morgan fingerprint density at radius 1 is 1.43 bits per heavy atom. The summed E-state index contributed by atoms with van der Waals surface area (Å²) in [6.07, 6.45) is 0. The predicted molar refractivity (Wildman–Crippen MR) is 18.3 cm³/mol. The third-order valence-corrected chi connectivity index (χ3v) is 1.85. The van der Waals surface area contributed by atoms with Crippen LogP contribution >= 0.6 is 10.1 Å². The van der Waals surface area contributed by atoms with Gasteiger partial charge in [0.25, 0.3) is 0 Å². The van der Waals surface area contributed by atoms with Gasteiger partial charge in [0.2, 0.25) is 0 Å². The van der Waals surface area contributed by atoms with Gasteiger partial charge >= 0.3 is 45.1 Å². The average molecular weight is 199 g/mol. The van der Waals surface area contributed by atoms with Crippen LogP contribution in [0.2, 0.25) is 0 Å². The molecule has 0 saturated heterocycles. The second-order valence-electron chi connectivity index (χ2n) is 0.669. The Balaban J connectivity index is 3.79. The van der Waals surface area contributed by atoms with Gasteiger partial charge < -0.3 is 0 Å². The van der Waals surface area contributed by atoms with Gasteiger partial charge in [-0.15, -0.1) is 0 Å². The SMILES string of the molecule is O=[Se](Cl)C(F)(F)F. The Hall–Kier alpha value is 0.399. The van der Waals surface area contributed by atoms with Crippen LogP contribution in [-0.4, -0.2) is 18.0 Å². The number of hydrogen-bond donors (Lipinski definition) is 0. The van der Waals surface area contributed by atoms with Crippen LogP contribution in [0.4, 0.5) is 13.2 Å². The zero-order valence-corrected chi connectivity index (χ0v) is 5.30. The van der Waals surface area contributed by atoms with E-state index >= 15 is 0 Å². The van der Waals surface area contributed by atoms with Crippen LogP contribution in [0, 0.1) is 0 Å². The van der Waals surface area contributed by atoms with Gasteiger partial charge in [-0.25, -0.2) is 0 Å². The van der Waals surface area contributed by atoms with Gasteiger partial charge in [0.15, 0.2) is 0 Å². The summed E-state index contributed by atoms with van der Waals surface area (Å²) in [5, 5.41) is -4.67. The Labute approximate surface area is 45.8 Å². The van der Waals surface area contributed by atoms with Crippen molar-refractivity contribution in [2.24, 2.45) is 0 Å². The Morgan fingerprint density at radius 3 is 1.57 bits per heavy atom. The summed E-state index contributed by atoms with van der Waals surface area (Å²) in [6, 6.07) is 0. The molecule has 0 rings (SSSR count). The van der Waals surface area contributed by atoms with E-state index in [0.717, 1.165) is 0 Å². The predicted octanol–water partition coefficient (Wildman–Crippen LogP) is 1.25. The van der Waals surface area contributed by atoms with Crippen molar-refractivity contribution in [3.8, 4) is 0 Å². The molecule has 0 spiro atoms. The maximum absolute atomic E-state index is 10.8. The van der Waals surface area contributed by atoms with Gasteiger partial charge in [0.1, 0.15) is 0 Å². The molecule has 7 heavy (non-hydrogen) atoms. The van der Waals surface area contributed by atoms with Crippen molar-refractivity contribution >= 4 is 23.0 Å². The molecule has 0 bridgehead atoms. The molecular formula is CClF3OSe. The van der Waals surface area contributed by atoms with E-state index in [0.29, 0.717) is 0 Å². The molecule has 0 aromatic carbocycles. The van der Waals surface area contributed by atoms with Gasteiger partial charge in [-0.05, 0) is 0 Å². The zero-order valence-electron chi connectivity index (χ0n) is 2.83. The summed E-state index contributed by atoms with van der Waals surface area (Å²) in [5.74, 6) is 0. The van der Waals surface area contributed by atoms with Crippen LogP contribution < -0.4 is 0 Å². The first-order valence-corrected chi connectivity index (χ1v) is 4.90. The standard InChI is InChI=1S/CClF3OSe/c2-7(6)1(3,4)5. The molecule has 6 heteroatoms. The number of halogens is 4. The van der Waals surface area contributed by atoms with E-state index in [2.05, 4.69) is 10.1 Å². The molecule has 1 atom stereocenters. The molecule has 44 valence electrons. The van der Waals surface area contributed by atoms with Crippen molar-refractivity contribution < 1.29 is 17.0 Å². The molecule has 0 aromatic heterocycles. The molecule has 0 N–H and O–H groups in total. The molecule has 0 aliphatic rings. The number of alkyl halides is 3. The molecule has 0 radical (unpaired) electrons. The molecule has 1 nitrogen and oxygen atoms in total. The summed E-state index contributed by atoms with van der Waals surface area (Å²) in [5.41, 5.74) is 0. The molecular weight excluding hydrogens is 199 g/mol. The van der Waals surface area contributed by atoms with Crippen LogP contribution in [0.15, 0.2) is 0 Å². The van der Waals surface area contributed by atoms with E-state index in [4.69, 9.17) is 0 Å². The zero-order chi connectivity index (χ0) is 6.08. The second-order valence-corrected chi connectivity index (χ2v) is 4.03. The van der Waals surface area contributed by atoms with Crippen molar-refractivity contribution in [2.45, 2.75) is 5.07 Å². The van der Waals surface area contributed by atoms with E-state index in [9.17, 15) is 17.0 Å². The topological polar surface area (TPSA) is 17.1 Å². The van der Waals surface area contributed by atoms with Crippen molar-refractivity contribution in [3.05, 3.63) is 0 Å². The fourth-order valence-electron chi connectivity index (χ4n) is 0. The molecule has 1 unspecified atom stereocenters. The van der Waals surface area contributed by atoms with Crippen molar-refractivity contribution in [1.82, 2.24) is 0 Å². The van der Waals surface area contributed by atoms with Crippen LogP contribution in [-0.2, 0) is 3.83 Å². The van der Waals surface area contributed by atoms with Crippen molar-refractivity contribution in [3.63, 3.8) is 0 Å². The fraction of sp³-hybridized carbons (Fsp3) is 1.00. The third-order valence-electron chi connectivity index (χ3n) is 0.182. The number of hydrogen-bond acceptors (Lipinski definition) is 1. The van der Waals surface area contributed by atoms with Crippen molar-refractivity contribution in [1.29, 1.82) is 0 Å². The summed E-state index contributed by atoms with van der Waals surface area (Å²) in [4.78, 5) is 0. The van der Waals surface area contributed by atoms with E-state index in [1.807, 2.05) is 0 Å². The normalized spacial score (nSPS) is 16.6. The van der Waals surface area contributed by atoms with Gasteiger partial charge in [0.05, 0.1) is 0 Å². The molecule has 0 aliphatic carbocycles. The fourth-order valence-corrected chi connectivity index (χ4v) is 0.